The fourth-order valence-electron chi connectivity index (χ4n) is 3.57. The Hall–Kier alpha value is -0.120. The molecule has 2 saturated heterocycles. The highest BCUT2D eigenvalue weighted by atomic mass is 15.2. The molecule has 0 amide bonds. The van der Waals surface area contributed by atoms with E-state index in [1.807, 2.05) is 0 Å². The molecule has 0 radical (unpaired) electrons. The molecule has 3 nitrogen and oxygen atoms in total. The molecule has 0 bridgehead atoms. The first-order valence-electron chi connectivity index (χ1n) is 8.45. The second-order valence-electron chi connectivity index (χ2n) is 6.53. The van der Waals surface area contributed by atoms with E-state index in [9.17, 15) is 0 Å². The minimum absolute atomic E-state index is 0.762. The predicted octanol–water partition coefficient (Wildman–Crippen LogP) is 2.32. The summed E-state index contributed by atoms with van der Waals surface area (Å²) in [6.45, 7) is 8.72. The average molecular weight is 267 g/mol. The van der Waals surface area contributed by atoms with Gasteiger partial charge in [0.05, 0.1) is 0 Å². The number of hydrogen-bond donors (Lipinski definition) is 1. The van der Waals surface area contributed by atoms with Crippen LogP contribution < -0.4 is 5.32 Å². The first-order valence-corrected chi connectivity index (χ1v) is 8.45. The Morgan fingerprint density at radius 3 is 2.79 bits per heavy atom. The van der Waals surface area contributed by atoms with E-state index < -0.39 is 0 Å². The number of nitrogens with one attached hydrogen (secondary N) is 1. The second kappa shape index (κ2) is 8.23. The van der Waals surface area contributed by atoms with Crippen molar-refractivity contribution in [3.05, 3.63) is 0 Å². The summed E-state index contributed by atoms with van der Waals surface area (Å²) in [6.07, 6.45) is 9.59. The van der Waals surface area contributed by atoms with Crippen LogP contribution in [0.2, 0.25) is 0 Å². The summed E-state index contributed by atoms with van der Waals surface area (Å²) in [5, 5.41) is 3.67. The molecular weight excluding hydrogens is 234 g/mol. The predicted molar refractivity (Wildman–Crippen MR) is 82.6 cm³/mol. The van der Waals surface area contributed by atoms with Gasteiger partial charge in [0, 0.05) is 18.6 Å². The van der Waals surface area contributed by atoms with Crippen molar-refractivity contribution in [2.24, 2.45) is 0 Å². The molecule has 0 saturated carbocycles. The van der Waals surface area contributed by atoms with E-state index in [0.717, 1.165) is 12.1 Å². The highest BCUT2D eigenvalue weighted by Crippen LogP contribution is 2.19. The Morgan fingerprint density at radius 2 is 2.05 bits per heavy atom. The fraction of sp³-hybridized carbons (Fsp3) is 1.00. The lowest BCUT2D eigenvalue weighted by molar-refractivity contribution is 0.161. The van der Waals surface area contributed by atoms with Crippen LogP contribution in [0.25, 0.3) is 0 Å². The lowest BCUT2D eigenvalue weighted by Gasteiger charge is -2.33. The Bertz CT molecular complexity index is 238. The van der Waals surface area contributed by atoms with Gasteiger partial charge in [-0.2, -0.15) is 0 Å². The summed E-state index contributed by atoms with van der Waals surface area (Å²) in [4.78, 5) is 5.32. The molecule has 3 heteroatoms. The Morgan fingerprint density at radius 1 is 1.16 bits per heavy atom. The molecule has 0 aromatic heterocycles. The third kappa shape index (κ3) is 5.05. The summed E-state index contributed by atoms with van der Waals surface area (Å²) < 4.78 is 0. The number of nitrogens with zero attached hydrogens (tertiary/aromatic N) is 2. The van der Waals surface area contributed by atoms with Gasteiger partial charge in [-0.25, -0.2) is 0 Å². The fourth-order valence-corrected chi connectivity index (χ4v) is 3.57. The molecular formula is C16H33N3. The summed E-state index contributed by atoms with van der Waals surface area (Å²) in [7, 11) is 2.28. The molecule has 0 aromatic rings. The van der Waals surface area contributed by atoms with Crippen molar-refractivity contribution in [3.63, 3.8) is 0 Å². The van der Waals surface area contributed by atoms with Crippen LogP contribution in [0.4, 0.5) is 0 Å². The number of unbranched alkanes of at least 4 members (excludes halogenated alkanes) is 1. The standard InChI is InChI=1S/C16H33N3/c1-3-4-12-19(14-15-7-5-10-17-15)16-8-6-11-18(2)13-9-16/h15-17H,3-14H2,1-2H3. The maximum Gasteiger partial charge on any atom is 0.0195 e. The van der Waals surface area contributed by atoms with Gasteiger partial charge in [0.1, 0.15) is 0 Å². The molecule has 0 spiro atoms. The van der Waals surface area contributed by atoms with E-state index in [-0.39, 0.29) is 0 Å². The second-order valence-corrected chi connectivity index (χ2v) is 6.53. The van der Waals surface area contributed by atoms with Gasteiger partial charge in [-0.3, -0.25) is 4.90 Å². The van der Waals surface area contributed by atoms with E-state index in [1.54, 1.807) is 0 Å². The van der Waals surface area contributed by atoms with Crippen molar-refractivity contribution in [1.82, 2.24) is 15.1 Å². The SMILES string of the molecule is CCCCN(CC1CCCN1)C1CCCN(C)CC1. The third-order valence-electron chi connectivity index (χ3n) is 4.85. The molecule has 2 rings (SSSR count). The lowest BCUT2D eigenvalue weighted by atomic mass is 10.1. The molecule has 112 valence electrons. The van der Waals surface area contributed by atoms with Crippen molar-refractivity contribution in [1.29, 1.82) is 0 Å². The zero-order chi connectivity index (χ0) is 13.5. The molecule has 19 heavy (non-hydrogen) atoms. The molecule has 0 aromatic carbocycles. The van der Waals surface area contributed by atoms with Gasteiger partial charge in [0.2, 0.25) is 0 Å². The van der Waals surface area contributed by atoms with Crippen LogP contribution in [-0.4, -0.2) is 61.7 Å². The molecule has 2 aliphatic rings. The van der Waals surface area contributed by atoms with Crippen LogP contribution in [-0.2, 0) is 0 Å². The van der Waals surface area contributed by atoms with Gasteiger partial charge in [-0.15, -0.1) is 0 Å². The molecule has 2 aliphatic heterocycles. The van der Waals surface area contributed by atoms with E-state index in [1.165, 1.54) is 77.7 Å². The summed E-state index contributed by atoms with van der Waals surface area (Å²) in [6, 6.07) is 1.59. The van der Waals surface area contributed by atoms with Gasteiger partial charge in [-0.05, 0) is 71.8 Å². The van der Waals surface area contributed by atoms with Gasteiger partial charge >= 0.3 is 0 Å². The highest BCUT2D eigenvalue weighted by Gasteiger charge is 2.24. The van der Waals surface area contributed by atoms with Crippen molar-refractivity contribution in [2.75, 3.05) is 39.8 Å². The quantitative estimate of drug-likeness (QED) is 0.797. The van der Waals surface area contributed by atoms with Crippen molar-refractivity contribution < 1.29 is 0 Å². The smallest absolute Gasteiger partial charge is 0.0195 e. The molecule has 2 fully saturated rings. The largest absolute Gasteiger partial charge is 0.313 e. The minimum Gasteiger partial charge on any atom is -0.313 e. The Labute approximate surface area is 119 Å². The Balaban J connectivity index is 1.86. The minimum atomic E-state index is 0.762. The van der Waals surface area contributed by atoms with Crippen LogP contribution >= 0.6 is 0 Å². The number of rotatable bonds is 6. The number of likely N-dealkylation sites (tertiary alicyclic amines) is 1. The molecule has 1 N–H and O–H groups in total. The first kappa shape index (κ1) is 15.3. The van der Waals surface area contributed by atoms with Crippen LogP contribution in [0.5, 0.6) is 0 Å². The van der Waals surface area contributed by atoms with Gasteiger partial charge in [-0.1, -0.05) is 13.3 Å². The maximum absolute atomic E-state index is 3.67. The summed E-state index contributed by atoms with van der Waals surface area (Å²) in [5.41, 5.74) is 0. The first-order chi connectivity index (χ1) is 9.29. The van der Waals surface area contributed by atoms with Gasteiger partial charge < -0.3 is 10.2 Å². The van der Waals surface area contributed by atoms with Crippen LogP contribution in [0, 0.1) is 0 Å². The zero-order valence-electron chi connectivity index (χ0n) is 13.0. The van der Waals surface area contributed by atoms with E-state index in [4.69, 9.17) is 0 Å². The van der Waals surface area contributed by atoms with Crippen LogP contribution in [0.3, 0.4) is 0 Å². The van der Waals surface area contributed by atoms with Crippen molar-refractivity contribution in [3.8, 4) is 0 Å². The van der Waals surface area contributed by atoms with E-state index in [2.05, 4.69) is 29.1 Å². The van der Waals surface area contributed by atoms with Gasteiger partial charge in [0.15, 0.2) is 0 Å². The summed E-state index contributed by atoms with van der Waals surface area (Å²) in [5.74, 6) is 0. The molecule has 2 unspecified atom stereocenters. The van der Waals surface area contributed by atoms with Gasteiger partial charge in [0.25, 0.3) is 0 Å². The van der Waals surface area contributed by atoms with Crippen LogP contribution in [0.15, 0.2) is 0 Å². The monoisotopic (exact) mass is 267 g/mol. The molecule has 2 heterocycles. The number of hydrogen-bond acceptors (Lipinski definition) is 3. The maximum atomic E-state index is 3.67. The van der Waals surface area contributed by atoms with Crippen molar-refractivity contribution >= 4 is 0 Å². The van der Waals surface area contributed by atoms with E-state index >= 15 is 0 Å². The normalized spacial score (nSPS) is 29.8. The van der Waals surface area contributed by atoms with Crippen LogP contribution in [0.1, 0.15) is 51.9 Å². The Kier molecular flexibility index (Phi) is 6.62. The van der Waals surface area contributed by atoms with E-state index in [0.29, 0.717) is 0 Å². The molecule has 2 atom stereocenters. The van der Waals surface area contributed by atoms with Crippen molar-refractivity contribution in [2.45, 2.75) is 64.0 Å². The lowest BCUT2D eigenvalue weighted by Crippen LogP contribution is -2.44. The third-order valence-corrected chi connectivity index (χ3v) is 4.85. The highest BCUT2D eigenvalue weighted by molar-refractivity contribution is 4.83. The molecule has 0 aliphatic carbocycles. The summed E-state index contributed by atoms with van der Waals surface area (Å²) >= 11 is 0. The average Bonchev–Trinajstić information content (AvgIpc) is 2.82. The zero-order valence-corrected chi connectivity index (χ0v) is 13.0. The topological polar surface area (TPSA) is 18.5 Å².